The van der Waals surface area contributed by atoms with Gasteiger partial charge in [-0.3, -0.25) is 5.10 Å². The summed E-state index contributed by atoms with van der Waals surface area (Å²) in [6.07, 6.45) is 3.46. The molecular formula is C15H15ClF2N4O. The summed E-state index contributed by atoms with van der Waals surface area (Å²) in [6, 6.07) is 3.62. The van der Waals surface area contributed by atoms with Crippen molar-refractivity contribution in [1.29, 1.82) is 0 Å². The highest BCUT2D eigenvalue weighted by atomic mass is 35.5. The number of amides is 2. The topological polar surface area (TPSA) is 61.0 Å². The van der Waals surface area contributed by atoms with Crippen LogP contribution in [0.4, 0.5) is 19.3 Å². The summed E-state index contributed by atoms with van der Waals surface area (Å²) < 4.78 is 27.0. The van der Waals surface area contributed by atoms with E-state index >= 15 is 0 Å². The molecule has 1 unspecified atom stereocenters. The molecule has 5 nitrogen and oxygen atoms in total. The zero-order valence-corrected chi connectivity index (χ0v) is 12.9. The number of H-pyrrole nitrogens is 1. The Morgan fingerprint density at radius 1 is 1.39 bits per heavy atom. The van der Waals surface area contributed by atoms with E-state index in [4.69, 9.17) is 11.6 Å². The summed E-state index contributed by atoms with van der Waals surface area (Å²) in [5, 5.41) is 8.65. The fourth-order valence-electron chi connectivity index (χ4n) is 2.73. The Balaban J connectivity index is 1.70. The van der Waals surface area contributed by atoms with Gasteiger partial charge in [-0.05, 0) is 31.0 Å². The number of likely N-dealkylation sites (tertiary alicyclic amines) is 1. The van der Waals surface area contributed by atoms with Crippen molar-refractivity contribution in [2.24, 2.45) is 0 Å². The number of aromatic nitrogens is 2. The van der Waals surface area contributed by atoms with Crippen LogP contribution in [-0.2, 0) is 0 Å². The Kier molecular flexibility index (Phi) is 4.47. The zero-order chi connectivity index (χ0) is 16.4. The predicted octanol–water partition coefficient (Wildman–Crippen LogP) is 3.75. The SMILES string of the molecule is O=C(Nc1ccc(F)c(Cl)c1F)N1CCCC(c2ccn[nH]2)C1. The zero-order valence-electron chi connectivity index (χ0n) is 12.2. The molecule has 0 spiro atoms. The van der Waals surface area contributed by atoms with E-state index in [0.29, 0.717) is 13.1 Å². The minimum atomic E-state index is -0.970. The number of hydrogen-bond acceptors (Lipinski definition) is 2. The molecule has 1 fully saturated rings. The number of hydrogen-bond donors (Lipinski definition) is 2. The summed E-state index contributed by atoms with van der Waals surface area (Å²) in [6.45, 7) is 1.08. The molecule has 8 heteroatoms. The Morgan fingerprint density at radius 3 is 2.96 bits per heavy atom. The number of benzene rings is 1. The number of rotatable bonds is 2. The van der Waals surface area contributed by atoms with Crippen molar-refractivity contribution in [3.8, 4) is 0 Å². The van der Waals surface area contributed by atoms with Crippen LogP contribution in [0.15, 0.2) is 24.4 Å². The van der Waals surface area contributed by atoms with Crippen LogP contribution in [0.25, 0.3) is 0 Å². The van der Waals surface area contributed by atoms with E-state index in [1.54, 1.807) is 11.1 Å². The van der Waals surface area contributed by atoms with Crippen molar-refractivity contribution in [3.05, 3.63) is 46.7 Å². The highest BCUT2D eigenvalue weighted by Gasteiger charge is 2.26. The molecule has 23 heavy (non-hydrogen) atoms. The van der Waals surface area contributed by atoms with E-state index in [9.17, 15) is 13.6 Å². The van der Waals surface area contributed by atoms with Gasteiger partial charge in [0.1, 0.15) is 10.8 Å². The second-order valence-corrected chi connectivity index (χ2v) is 5.83. The molecular weight excluding hydrogens is 326 g/mol. The van der Waals surface area contributed by atoms with Gasteiger partial charge in [-0.1, -0.05) is 11.6 Å². The number of urea groups is 1. The lowest BCUT2D eigenvalue weighted by atomic mass is 9.95. The number of aromatic amines is 1. The number of carbonyl (C=O) groups is 1. The first-order valence-electron chi connectivity index (χ1n) is 7.25. The van der Waals surface area contributed by atoms with Crippen LogP contribution < -0.4 is 5.32 Å². The number of anilines is 1. The smallest absolute Gasteiger partial charge is 0.321 e. The standard InChI is InChI=1S/C15H15ClF2N4O/c16-13-10(17)3-4-12(14(13)18)20-15(23)22-7-1-2-9(8-22)11-5-6-19-21-11/h3-6,9H,1-2,7-8H2,(H,19,21)(H,20,23). The van der Waals surface area contributed by atoms with Gasteiger partial charge < -0.3 is 10.2 Å². The molecule has 1 aromatic heterocycles. The van der Waals surface area contributed by atoms with Crippen LogP contribution >= 0.6 is 11.6 Å². The second kappa shape index (κ2) is 6.54. The first kappa shape index (κ1) is 15.7. The van der Waals surface area contributed by atoms with Crippen LogP contribution in [0.3, 0.4) is 0 Å². The number of nitrogens with zero attached hydrogens (tertiary/aromatic N) is 2. The normalized spacial score (nSPS) is 18.0. The molecule has 0 radical (unpaired) electrons. The molecule has 1 aromatic carbocycles. The number of piperidine rings is 1. The summed E-state index contributed by atoms with van der Waals surface area (Å²) >= 11 is 5.52. The third-order valence-corrected chi connectivity index (χ3v) is 4.29. The van der Waals surface area contributed by atoms with Crippen LogP contribution in [0.5, 0.6) is 0 Å². The van der Waals surface area contributed by atoms with E-state index in [1.807, 2.05) is 6.07 Å². The third-order valence-electron chi connectivity index (χ3n) is 3.95. The van der Waals surface area contributed by atoms with E-state index in [0.717, 1.165) is 30.7 Å². The lowest BCUT2D eigenvalue weighted by molar-refractivity contribution is 0.192. The van der Waals surface area contributed by atoms with E-state index < -0.39 is 22.7 Å². The Bertz CT molecular complexity index is 708. The first-order chi connectivity index (χ1) is 11.1. The number of nitrogens with one attached hydrogen (secondary N) is 2. The Hall–Kier alpha value is -2.15. The second-order valence-electron chi connectivity index (χ2n) is 5.45. The molecule has 0 saturated carbocycles. The Labute approximate surface area is 136 Å². The molecule has 0 aliphatic carbocycles. The van der Waals surface area contributed by atoms with Crippen molar-refractivity contribution in [1.82, 2.24) is 15.1 Å². The molecule has 2 aromatic rings. The van der Waals surface area contributed by atoms with Gasteiger partial charge in [0, 0.05) is 30.9 Å². The molecule has 2 amide bonds. The average Bonchev–Trinajstić information content (AvgIpc) is 3.10. The van der Waals surface area contributed by atoms with Crippen LogP contribution in [0, 0.1) is 11.6 Å². The predicted molar refractivity (Wildman–Crippen MR) is 82.5 cm³/mol. The minimum absolute atomic E-state index is 0.134. The largest absolute Gasteiger partial charge is 0.324 e. The van der Waals surface area contributed by atoms with Gasteiger partial charge in [0.05, 0.1) is 5.69 Å². The maximum Gasteiger partial charge on any atom is 0.321 e. The van der Waals surface area contributed by atoms with Crippen LogP contribution in [0.2, 0.25) is 5.02 Å². The van der Waals surface area contributed by atoms with Gasteiger partial charge in [0.15, 0.2) is 5.82 Å². The van der Waals surface area contributed by atoms with Crippen molar-refractivity contribution < 1.29 is 13.6 Å². The van der Waals surface area contributed by atoms with Crippen LogP contribution in [0.1, 0.15) is 24.5 Å². The molecule has 1 aliphatic heterocycles. The van der Waals surface area contributed by atoms with Gasteiger partial charge in [0.25, 0.3) is 0 Å². The summed E-state index contributed by atoms with van der Waals surface area (Å²) in [7, 11) is 0. The monoisotopic (exact) mass is 340 g/mol. The molecule has 3 rings (SSSR count). The summed E-state index contributed by atoms with van der Waals surface area (Å²) in [5.74, 6) is -1.67. The lowest BCUT2D eigenvalue weighted by Crippen LogP contribution is -2.41. The van der Waals surface area contributed by atoms with Gasteiger partial charge in [0.2, 0.25) is 0 Å². The van der Waals surface area contributed by atoms with Gasteiger partial charge in [-0.25, -0.2) is 13.6 Å². The maximum atomic E-state index is 13.9. The van der Waals surface area contributed by atoms with Crippen molar-refractivity contribution in [3.63, 3.8) is 0 Å². The molecule has 0 bridgehead atoms. The van der Waals surface area contributed by atoms with Gasteiger partial charge in [-0.2, -0.15) is 5.10 Å². The molecule has 1 aliphatic rings. The fraction of sp³-hybridized carbons (Fsp3) is 0.333. The van der Waals surface area contributed by atoms with Crippen molar-refractivity contribution >= 4 is 23.3 Å². The molecule has 1 atom stereocenters. The number of halogens is 3. The minimum Gasteiger partial charge on any atom is -0.324 e. The van der Waals surface area contributed by atoms with Crippen molar-refractivity contribution in [2.45, 2.75) is 18.8 Å². The summed E-state index contributed by atoms with van der Waals surface area (Å²) in [5.41, 5.74) is 0.837. The third kappa shape index (κ3) is 3.29. The van der Waals surface area contributed by atoms with E-state index in [2.05, 4.69) is 15.5 Å². The molecule has 2 heterocycles. The molecule has 1 saturated heterocycles. The van der Waals surface area contributed by atoms with Crippen LogP contribution in [-0.4, -0.2) is 34.2 Å². The van der Waals surface area contributed by atoms with Gasteiger partial charge >= 0.3 is 6.03 Å². The molecule has 2 N–H and O–H groups in total. The average molecular weight is 341 g/mol. The molecule has 122 valence electrons. The highest BCUT2D eigenvalue weighted by molar-refractivity contribution is 6.31. The highest BCUT2D eigenvalue weighted by Crippen LogP contribution is 2.28. The maximum absolute atomic E-state index is 13.9. The van der Waals surface area contributed by atoms with E-state index in [-0.39, 0.29) is 11.6 Å². The van der Waals surface area contributed by atoms with E-state index in [1.165, 1.54) is 0 Å². The fourth-order valence-corrected chi connectivity index (χ4v) is 2.89. The summed E-state index contributed by atoms with van der Waals surface area (Å²) in [4.78, 5) is 13.9. The lowest BCUT2D eigenvalue weighted by Gasteiger charge is -2.32. The number of carbonyl (C=O) groups excluding carboxylic acids is 1. The Morgan fingerprint density at radius 2 is 2.22 bits per heavy atom. The first-order valence-corrected chi connectivity index (χ1v) is 7.62. The quantitative estimate of drug-likeness (QED) is 0.818. The van der Waals surface area contributed by atoms with Crippen molar-refractivity contribution in [2.75, 3.05) is 18.4 Å². The van der Waals surface area contributed by atoms with Gasteiger partial charge in [-0.15, -0.1) is 0 Å².